The Kier molecular flexibility index (Phi) is 3.89. The number of hydrogen-bond acceptors (Lipinski definition) is 3. The van der Waals surface area contributed by atoms with Gasteiger partial charge in [0.1, 0.15) is 0 Å². The minimum absolute atomic E-state index is 0.136. The molecule has 1 saturated carbocycles. The van der Waals surface area contributed by atoms with E-state index < -0.39 is 0 Å². The van der Waals surface area contributed by atoms with Crippen LogP contribution in [0.3, 0.4) is 0 Å². The molecule has 0 aromatic carbocycles. The van der Waals surface area contributed by atoms with Crippen LogP contribution in [0, 0.1) is 0 Å². The number of nitrogens with zero attached hydrogens (tertiary/aromatic N) is 1. The molecule has 14 heavy (non-hydrogen) atoms. The zero-order chi connectivity index (χ0) is 10.6. The Balaban J connectivity index is 2.38. The molecule has 1 aliphatic rings. The maximum Gasteiger partial charge on any atom is 0.225 e. The number of ether oxygens (including phenoxy) is 1. The summed E-state index contributed by atoms with van der Waals surface area (Å²) in [5.41, 5.74) is 5.22. The van der Waals surface area contributed by atoms with E-state index in [1.807, 2.05) is 0 Å². The van der Waals surface area contributed by atoms with Crippen molar-refractivity contribution in [3.05, 3.63) is 0 Å². The molecule has 1 rings (SSSR count). The van der Waals surface area contributed by atoms with Crippen LogP contribution in [-0.4, -0.2) is 43.7 Å². The zero-order valence-electron chi connectivity index (χ0n) is 9.08. The molecule has 0 aliphatic heterocycles. The summed E-state index contributed by atoms with van der Waals surface area (Å²) in [4.78, 5) is 13.4. The largest absolute Gasteiger partial charge is 0.378 e. The second-order valence-corrected chi connectivity index (χ2v) is 4.02. The topological polar surface area (TPSA) is 55.6 Å². The Morgan fingerprint density at radius 3 is 2.57 bits per heavy atom. The second-order valence-electron chi connectivity index (χ2n) is 4.02. The monoisotopic (exact) mass is 200 g/mol. The lowest BCUT2D eigenvalue weighted by atomic mass is 9.77. The third kappa shape index (κ3) is 2.45. The van der Waals surface area contributed by atoms with Crippen molar-refractivity contribution in [2.45, 2.75) is 31.3 Å². The lowest BCUT2D eigenvalue weighted by Gasteiger charge is -2.40. The minimum Gasteiger partial charge on any atom is -0.378 e. The first kappa shape index (κ1) is 11.5. The van der Waals surface area contributed by atoms with Gasteiger partial charge in [0.2, 0.25) is 5.91 Å². The molecule has 1 fully saturated rings. The molecule has 0 aromatic rings. The lowest BCUT2D eigenvalue weighted by Crippen LogP contribution is -2.45. The summed E-state index contributed by atoms with van der Waals surface area (Å²) >= 11 is 0. The smallest absolute Gasteiger partial charge is 0.225 e. The average Bonchev–Trinajstić information content (AvgIpc) is 2.11. The van der Waals surface area contributed by atoms with Crippen LogP contribution < -0.4 is 5.73 Å². The van der Waals surface area contributed by atoms with E-state index in [1.54, 1.807) is 19.1 Å². The molecular weight excluding hydrogens is 180 g/mol. The van der Waals surface area contributed by atoms with Gasteiger partial charge in [-0.05, 0) is 19.3 Å². The van der Waals surface area contributed by atoms with Crippen molar-refractivity contribution in [3.63, 3.8) is 0 Å². The van der Waals surface area contributed by atoms with Crippen LogP contribution in [0.4, 0.5) is 0 Å². The van der Waals surface area contributed by atoms with Crippen LogP contribution in [0.2, 0.25) is 0 Å². The molecule has 1 aliphatic carbocycles. The molecule has 0 spiro atoms. The van der Waals surface area contributed by atoms with E-state index in [2.05, 4.69) is 0 Å². The number of hydrogen-bond donors (Lipinski definition) is 1. The van der Waals surface area contributed by atoms with E-state index in [1.165, 1.54) is 6.42 Å². The van der Waals surface area contributed by atoms with E-state index in [0.29, 0.717) is 19.5 Å². The number of carbonyl (C=O) groups excluding carboxylic acids is 1. The van der Waals surface area contributed by atoms with Gasteiger partial charge in [0.25, 0.3) is 0 Å². The molecule has 0 bridgehead atoms. The van der Waals surface area contributed by atoms with Gasteiger partial charge in [0.15, 0.2) is 0 Å². The van der Waals surface area contributed by atoms with Crippen molar-refractivity contribution in [2.75, 3.05) is 27.2 Å². The Hall–Kier alpha value is -0.610. The van der Waals surface area contributed by atoms with Crippen LogP contribution in [0.25, 0.3) is 0 Å². The fourth-order valence-electron chi connectivity index (χ4n) is 1.75. The maximum atomic E-state index is 11.7. The highest BCUT2D eigenvalue weighted by atomic mass is 16.5. The molecule has 0 unspecified atom stereocenters. The summed E-state index contributed by atoms with van der Waals surface area (Å²) in [6.45, 7) is 1.14. The van der Waals surface area contributed by atoms with Gasteiger partial charge in [-0.2, -0.15) is 0 Å². The predicted molar refractivity (Wildman–Crippen MR) is 54.9 cm³/mol. The molecule has 4 heteroatoms. The summed E-state index contributed by atoms with van der Waals surface area (Å²) in [6, 6.07) is 0. The molecule has 1 amide bonds. The van der Waals surface area contributed by atoms with Gasteiger partial charge in [0, 0.05) is 27.2 Å². The summed E-state index contributed by atoms with van der Waals surface area (Å²) in [5, 5.41) is 0. The Morgan fingerprint density at radius 1 is 1.57 bits per heavy atom. The quantitative estimate of drug-likeness (QED) is 0.697. The normalized spacial score (nSPS) is 18.8. The maximum absolute atomic E-state index is 11.7. The van der Waals surface area contributed by atoms with Crippen molar-refractivity contribution in [1.29, 1.82) is 0 Å². The summed E-state index contributed by atoms with van der Waals surface area (Å²) in [7, 11) is 3.48. The molecule has 4 nitrogen and oxygen atoms in total. The molecule has 0 atom stereocenters. The van der Waals surface area contributed by atoms with Crippen LogP contribution in [0.1, 0.15) is 25.7 Å². The number of likely N-dealkylation sites (N-methyl/N-ethyl adjacent to an activating group) is 1. The van der Waals surface area contributed by atoms with Crippen molar-refractivity contribution < 1.29 is 9.53 Å². The first-order valence-electron chi connectivity index (χ1n) is 5.13. The van der Waals surface area contributed by atoms with Crippen LogP contribution >= 0.6 is 0 Å². The van der Waals surface area contributed by atoms with Crippen LogP contribution in [0.5, 0.6) is 0 Å². The third-order valence-electron chi connectivity index (χ3n) is 3.06. The first-order chi connectivity index (χ1) is 6.63. The Bertz CT molecular complexity index is 197. The van der Waals surface area contributed by atoms with E-state index in [0.717, 1.165) is 12.8 Å². The molecule has 0 saturated heterocycles. The van der Waals surface area contributed by atoms with Gasteiger partial charge in [-0.1, -0.05) is 0 Å². The minimum atomic E-state index is -0.167. The van der Waals surface area contributed by atoms with Crippen molar-refractivity contribution >= 4 is 5.91 Å². The highest BCUT2D eigenvalue weighted by Crippen LogP contribution is 2.38. The number of nitrogens with two attached hydrogens (primary N) is 1. The Labute approximate surface area is 85.4 Å². The number of amides is 1. The van der Waals surface area contributed by atoms with E-state index in [9.17, 15) is 4.79 Å². The first-order valence-corrected chi connectivity index (χ1v) is 5.13. The van der Waals surface area contributed by atoms with Gasteiger partial charge in [-0.25, -0.2) is 0 Å². The van der Waals surface area contributed by atoms with Crippen LogP contribution in [0.15, 0.2) is 0 Å². The summed E-state index contributed by atoms with van der Waals surface area (Å²) in [6.07, 6.45) is 3.68. The van der Waals surface area contributed by atoms with E-state index >= 15 is 0 Å². The fraction of sp³-hybridized carbons (Fsp3) is 0.900. The number of methoxy groups -OCH3 is 1. The van der Waals surface area contributed by atoms with Gasteiger partial charge < -0.3 is 15.4 Å². The summed E-state index contributed by atoms with van der Waals surface area (Å²) < 4.78 is 5.39. The van der Waals surface area contributed by atoms with Crippen LogP contribution in [-0.2, 0) is 9.53 Å². The van der Waals surface area contributed by atoms with E-state index in [-0.39, 0.29) is 11.5 Å². The molecule has 2 N–H and O–H groups in total. The molecule has 0 radical (unpaired) electrons. The molecule has 0 heterocycles. The zero-order valence-corrected chi connectivity index (χ0v) is 9.08. The highest BCUT2D eigenvalue weighted by Gasteiger charge is 2.39. The molecule has 0 aromatic heterocycles. The van der Waals surface area contributed by atoms with Gasteiger partial charge in [0.05, 0.1) is 12.0 Å². The number of carbonyl (C=O) groups is 1. The van der Waals surface area contributed by atoms with Crippen molar-refractivity contribution in [3.8, 4) is 0 Å². The average molecular weight is 200 g/mol. The van der Waals surface area contributed by atoms with Gasteiger partial charge in [-0.3, -0.25) is 4.79 Å². The lowest BCUT2D eigenvalue weighted by molar-refractivity contribution is -0.142. The predicted octanol–water partition coefficient (Wildman–Crippen LogP) is 0.363. The van der Waals surface area contributed by atoms with E-state index in [4.69, 9.17) is 10.5 Å². The van der Waals surface area contributed by atoms with Gasteiger partial charge >= 0.3 is 0 Å². The fourth-order valence-corrected chi connectivity index (χ4v) is 1.75. The van der Waals surface area contributed by atoms with Gasteiger partial charge in [-0.15, -0.1) is 0 Å². The third-order valence-corrected chi connectivity index (χ3v) is 3.06. The highest BCUT2D eigenvalue weighted by molar-refractivity contribution is 5.77. The Morgan fingerprint density at radius 2 is 2.21 bits per heavy atom. The molecular formula is C10H20N2O2. The van der Waals surface area contributed by atoms with Crippen molar-refractivity contribution in [2.24, 2.45) is 5.73 Å². The number of rotatable bonds is 5. The second kappa shape index (κ2) is 4.75. The summed E-state index contributed by atoms with van der Waals surface area (Å²) in [5.74, 6) is 0.136. The standard InChI is InChI=1S/C10H20N2O2/c1-12(7-6-11)9(13)8-10(14-2)4-3-5-10/h3-8,11H2,1-2H3. The SMILES string of the molecule is COC1(CC(=O)N(C)CCN)CCC1. The van der Waals surface area contributed by atoms with Crippen molar-refractivity contribution in [1.82, 2.24) is 4.90 Å². The molecule has 82 valence electrons.